The van der Waals surface area contributed by atoms with Gasteiger partial charge in [0, 0.05) is 5.56 Å². The zero-order chi connectivity index (χ0) is 17.6. The number of benzene rings is 2. The van der Waals surface area contributed by atoms with Gasteiger partial charge in [-0.25, -0.2) is 9.67 Å². The van der Waals surface area contributed by atoms with Crippen LogP contribution in [0.15, 0.2) is 61.2 Å². The minimum Gasteiger partial charge on any atom is -0.267 e. The van der Waals surface area contributed by atoms with E-state index in [0.717, 1.165) is 5.56 Å². The molecule has 1 aromatic heterocycles. The zero-order valence-electron chi connectivity index (χ0n) is 13.0. The molecule has 0 aliphatic carbocycles. The third kappa shape index (κ3) is 4.21. The molecule has 2 amide bonds. The predicted octanol–water partition coefficient (Wildman–Crippen LogP) is 2.05. The third-order valence-corrected chi connectivity index (χ3v) is 3.76. The Balaban J connectivity index is 1.58. The first kappa shape index (κ1) is 16.7. The summed E-state index contributed by atoms with van der Waals surface area (Å²) in [5.74, 6) is -0.908. The van der Waals surface area contributed by atoms with E-state index < -0.39 is 11.8 Å². The second-order valence-corrected chi connectivity index (χ2v) is 5.59. The first-order valence-electron chi connectivity index (χ1n) is 7.40. The van der Waals surface area contributed by atoms with Crippen LogP contribution in [0.2, 0.25) is 5.02 Å². The van der Waals surface area contributed by atoms with Crippen molar-refractivity contribution in [3.63, 3.8) is 0 Å². The lowest BCUT2D eigenvalue weighted by molar-refractivity contribution is 0.0846. The molecule has 7 nitrogen and oxygen atoms in total. The molecular formula is C17H14ClN5O2. The molecule has 0 radical (unpaired) electrons. The number of carbonyl (C=O) groups excluding carboxylic acids is 2. The molecule has 0 atom stereocenters. The fraction of sp³-hybridized carbons (Fsp3) is 0.0588. The maximum atomic E-state index is 12.1. The van der Waals surface area contributed by atoms with Crippen molar-refractivity contribution in [2.24, 2.45) is 0 Å². The van der Waals surface area contributed by atoms with Gasteiger partial charge < -0.3 is 0 Å². The molecule has 2 N–H and O–H groups in total. The summed E-state index contributed by atoms with van der Waals surface area (Å²) in [6.45, 7) is 0.561. The van der Waals surface area contributed by atoms with Crippen LogP contribution in [-0.2, 0) is 6.54 Å². The van der Waals surface area contributed by atoms with E-state index in [0.29, 0.717) is 17.1 Å². The largest absolute Gasteiger partial charge is 0.271 e. The molecule has 2 aromatic carbocycles. The van der Waals surface area contributed by atoms with Crippen molar-refractivity contribution in [3.8, 4) is 0 Å². The first-order chi connectivity index (χ1) is 12.1. The second kappa shape index (κ2) is 7.59. The molecule has 25 heavy (non-hydrogen) atoms. The molecule has 0 aliphatic heterocycles. The Labute approximate surface area is 148 Å². The quantitative estimate of drug-likeness (QED) is 0.701. The standard InChI is InChI=1S/C17H14ClN5O2/c18-15-4-2-1-3-14(15)17(25)22-21-16(24)13-7-5-12(6-8-13)9-23-11-19-10-20-23/h1-8,10-11H,9H2,(H,21,24)(H,22,25). The number of carbonyl (C=O) groups is 2. The van der Waals surface area contributed by atoms with Gasteiger partial charge in [-0.1, -0.05) is 35.9 Å². The number of amides is 2. The van der Waals surface area contributed by atoms with Gasteiger partial charge >= 0.3 is 0 Å². The lowest BCUT2D eigenvalue weighted by Crippen LogP contribution is -2.41. The summed E-state index contributed by atoms with van der Waals surface area (Å²) in [5.41, 5.74) is 6.39. The summed E-state index contributed by atoms with van der Waals surface area (Å²) in [7, 11) is 0. The van der Waals surface area contributed by atoms with Crippen molar-refractivity contribution >= 4 is 23.4 Å². The summed E-state index contributed by atoms with van der Waals surface area (Å²) in [4.78, 5) is 28.0. The minimum atomic E-state index is -0.484. The number of aromatic nitrogens is 3. The molecule has 0 saturated carbocycles. The maximum Gasteiger partial charge on any atom is 0.271 e. The summed E-state index contributed by atoms with van der Waals surface area (Å²) in [6, 6.07) is 13.6. The van der Waals surface area contributed by atoms with Crippen molar-refractivity contribution in [3.05, 3.63) is 82.9 Å². The van der Waals surface area contributed by atoms with Crippen molar-refractivity contribution in [1.29, 1.82) is 0 Å². The first-order valence-corrected chi connectivity index (χ1v) is 7.78. The van der Waals surface area contributed by atoms with Crippen LogP contribution in [0.1, 0.15) is 26.3 Å². The lowest BCUT2D eigenvalue weighted by atomic mass is 10.1. The zero-order valence-corrected chi connectivity index (χ0v) is 13.8. The van der Waals surface area contributed by atoms with E-state index in [1.54, 1.807) is 47.4 Å². The molecule has 126 valence electrons. The molecule has 0 fully saturated rings. The van der Waals surface area contributed by atoms with Gasteiger partial charge in [0.05, 0.1) is 17.1 Å². The molecule has 1 heterocycles. The van der Waals surface area contributed by atoms with Crippen LogP contribution >= 0.6 is 11.6 Å². The van der Waals surface area contributed by atoms with Crippen LogP contribution in [-0.4, -0.2) is 26.6 Å². The molecule has 0 spiro atoms. The fourth-order valence-electron chi connectivity index (χ4n) is 2.16. The van der Waals surface area contributed by atoms with Crippen molar-refractivity contribution in [2.45, 2.75) is 6.54 Å². The van der Waals surface area contributed by atoms with Crippen LogP contribution in [0.4, 0.5) is 0 Å². The molecule has 0 unspecified atom stereocenters. The monoisotopic (exact) mass is 355 g/mol. The summed E-state index contributed by atoms with van der Waals surface area (Å²) in [6.07, 6.45) is 3.08. The van der Waals surface area contributed by atoms with Crippen molar-refractivity contribution < 1.29 is 9.59 Å². The number of hydrogen-bond donors (Lipinski definition) is 2. The average molecular weight is 356 g/mol. The highest BCUT2D eigenvalue weighted by Crippen LogP contribution is 2.14. The molecule has 0 bridgehead atoms. The second-order valence-electron chi connectivity index (χ2n) is 5.18. The van der Waals surface area contributed by atoms with Crippen molar-refractivity contribution in [2.75, 3.05) is 0 Å². The Hall–Kier alpha value is -3.19. The van der Waals surface area contributed by atoms with Gasteiger partial charge in [0.2, 0.25) is 0 Å². The van der Waals surface area contributed by atoms with Crippen LogP contribution in [0, 0.1) is 0 Å². The molecular weight excluding hydrogens is 342 g/mol. The van der Waals surface area contributed by atoms with Gasteiger partial charge in [0.25, 0.3) is 11.8 Å². The van der Waals surface area contributed by atoms with E-state index in [9.17, 15) is 9.59 Å². The van der Waals surface area contributed by atoms with E-state index in [1.165, 1.54) is 6.33 Å². The lowest BCUT2D eigenvalue weighted by Gasteiger charge is -2.09. The molecule has 0 aliphatic rings. The number of nitrogens with one attached hydrogen (secondary N) is 2. The Kier molecular flexibility index (Phi) is 5.06. The van der Waals surface area contributed by atoms with E-state index in [-0.39, 0.29) is 5.56 Å². The summed E-state index contributed by atoms with van der Waals surface area (Å²) >= 11 is 5.94. The van der Waals surface area contributed by atoms with Crippen LogP contribution in [0.25, 0.3) is 0 Å². The average Bonchev–Trinajstić information content (AvgIpc) is 3.13. The molecule has 8 heteroatoms. The van der Waals surface area contributed by atoms with Gasteiger partial charge in [-0.05, 0) is 29.8 Å². The number of halogens is 1. The number of rotatable bonds is 4. The van der Waals surface area contributed by atoms with Gasteiger partial charge in [-0.3, -0.25) is 20.4 Å². The van der Waals surface area contributed by atoms with E-state index in [1.807, 2.05) is 12.1 Å². The molecule has 3 aromatic rings. The van der Waals surface area contributed by atoms with Gasteiger partial charge in [-0.2, -0.15) is 5.10 Å². The van der Waals surface area contributed by atoms with Crippen LogP contribution < -0.4 is 10.9 Å². The Bertz CT molecular complexity index is 878. The van der Waals surface area contributed by atoms with Crippen molar-refractivity contribution in [1.82, 2.24) is 25.6 Å². The van der Waals surface area contributed by atoms with Crippen LogP contribution in [0.5, 0.6) is 0 Å². The maximum absolute atomic E-state index is 12.1. The predicted molar refractivity (Wildman–Crippen MR) is 92.0 cm³/mol. The summed E-state index contributed by atoms with van der Waals surface area (Å²) in [5, 5.41) is 4.33. The highest BCUT2D eigenvalue weighted by Gasteiger charge is 2.11. The Morgan fingerprint density at radius 3 is 2.40 bits per heavy atom. The fourth-order valence-corrected chi connectivity index (χ4v) is 2.38. The number of hydrazine groups is 1. The molecule has 0 saturated heterocycles. The summed E-state index contributed by atoms with van der Waals surface area (Å²) < 4.78 is 1.68. The van der Waals surface area contributed by atoms with Gasteiger partial charge in [0.1, 0.15) is 12.7 Å². The number of nitrogens with zero attached hydrogens (tertiary/aromatic N) is 3. The number of hydrogen-bond acceptors (Lipinski definition) is 4. The highest BCUT2D eigenvalue weighted by atomic mass is 35.5. The topological polar surface area (TPSA) is 88.9 Å². The third-order valence-electron chi connectivity index (χ3n) is 3.44. The minimum absolute atomic E-state index is 0.285. The Morgan fingerprint density at radius 1 is 1.00 bits per heavy atom. The highest BCUT2D eigenvalue weighted by molar-refractivity contribution is 6.33. The van der Waals surface area contributed by atoms with E-state index in [2.05, 4.69) is 20.9 Å². The Morgan fingerprint density at radius 2 is 1.72 bits per heavy atom. The smallest absolute Gasteiger partial charge is 0.267 e. The SMILES string of the molecule is O=C(NNC(=O)c1ccccc1Cl)c1ccc(Cn2cncn2)cc1. The van der Waals surface area contributed by atoms with E-state index >= 15 is 0 Å². The van der Waals surface area contributed by atoms with Gasteiger partial charge in [0.15, 0.2) is 0 Å². The normalized spacial score (nSPS) is 10.3. The van der Waals surface area contributed by atoms with Crippen LogP contribution in [0.3, 0.4) is 0 Å². The van der Waals surface area contributed by atoms with Gasteiger partial charge in [-0.15, -0.1) is 0 Å². The van der Waals surface area contributed by atoms with E-state index in [4.69, 9.17) is 11.6 Å². The molecule has 3 rings (SSSR count).